The standard InChI is InChI=1S/C25H18F2N4O4/c1-29-21(32)13-20(28-14-19-3-2-12-35-19)22-23(29)30(17-8-4-15(26)5-9-17)25(34)31(24(22)33)18-10-6-16(27)7-11-18/h2-13,28H,14H2,1H3. The van der Waals surface area contributed by atoms with Gasteiger partial charge in [0.05, 0.1) is 29.9 Å². The van der Waals surface area contributed by atoms with Crippen molar-refractivity contribution in [1.82, 2.24) is 13.7 Å². The predicted octanol–water partition coefficient (Wildman–Crippen LogP) is 3.32. The Hall–Kier alpha value is -4.73. The molecule has 2 aromatic carbocycles. The number of anilines is 1. The number of benzene rings is 2. The minimum absolute atomic E-state index is 0.0133. The van der Waals surface area contributed by atoms with Crippen LogP contribution in [0.2, 0.25) is 0 Å². The number of nitrogens with zero attached hydrogens (tertiary/aromatic N) is 3. The molecule has 0 aliphatic rings. The third kappa shape index (κ3) is 3.84. The Kier molecular flexibility index (Phi) is 5.40. The molecular formula is C25H18F2N4O4. The molecule has 0 bridgehead atoms. The molecule has 10 heteroatoms. The number of halogens is 2. The highest BCUT2D eigenvalue weighted by molar-refractivity contribution is 5.89. The van der Waals surface area contributed by atoms with E-state index in [9.17, 15) is 23.2 Å². The number of pyridine rings is 1. The Balaban J connectivity index is 1.90. The summed E-state index contributed by atoms with van der Waals surface area (Å²) in [4.78, 5) is 40.3. The molecule has 5 rings (SSSR count). The Morgan fingerprint density at radius 2 is 1.46 bits per heavy atom. The van der Waals surface area contributed by atoms with Gasteiger partial charge in [0.2, 0.25) is 0 Å². The summed E-state index contributed by atoms with van der Waals surface area (Å²) in [6, 6.07) is 14.6. The molecule has 0 aliphatic carbocycles. The zero-order valence-electron chi connectivity index (χ0n) is 18.4. The molecule has 0 saturated carbocycles. The molecule has 0 amide bonds. The van der Waals surface area contributed by atoms with Gasteiger partial charge in [-0.25, -0.2) is 22.7 Å². The van der Waals surface area contributed by atoms with Gasteiger partial charge in [-0.3, -0.25) is 14.2 Å². The number of aryl methyl sites for hydroxylation is 1. The zero-order chi connectivity index (χ0) is 24.7. The van der Waals surface area contributed by atoms with Gasteiger partial charge >= 0.3 is 5.69 Å². The van der Waals surface area contributed by atoms with Gasteiger partial charge in [-0.15, -0.1) is 0 Å². The summed E-state index contributed by atoms with van der Waals surface area (Å²) in [7, 11) is 1.43. The highest BCUT2D eigenvalue weighted by atomic mass is 19.1. The summed E-state index contributed by atoms with van der Waals surface area (Å²) in [5.41, 5.74) is -1.45. The topological polar surface area (TPSA) is 91.2 Å². The SMILES string of the molecule is Cn1c(=O)cc(NCc2ccco2)c2c(=O)n(-c3ccc(F)cc3)c(=O)n(-c3ccc(F)cc3)c21. The molecule has 3 aromatic heterocycles. The van der Waals surface area contributed by atoms with Crippen molar-refractivity contribution in [3.8, 4) is 11.4 Å². The maximum absolute atomic E-state index is 13.7. The third-order valence-electron chi connectivity index (χ3n) is 5.62. The van der Waals surface area contributed by atoms with Gasteiger partial charge in [-0.05, 0) is 60.7 Å². The fraction of sp³-hybridized carbons (Fsp3) is 0.0800. The maximum Gasteiger partial charge on any atom is 0.341 e. The van der Waals surface area contributed by atoms with Crippen LogP contribution in [0.25, 0.3) is 22.4 Å². The number of furan rings is 1. The molecule has 176 valence electrons. The van der Waals surface area contributed by atoms with Crippen LogP contribution in [0.1, 0.15) is 5.76 Å². The molecule has 3 heterocycles. The Labute approximate surface area is 195 Å². The molecule has 0 fully saturated rings. The van der Waals surface area contributed by atoms with E-state index in [2.05, 4.69) is 5.32 Å². The lowest BCUT2D eigenvalue weighted by molar-refractivity contribution is 0.518. The Morgan fingerprint density at radius 3 is 2.03 bits per heavy atom. The van der Waals surface area contributed by atoms with E-state index in [1.54, 1.807) is 12.1 Å². The lowest BCUT2D eigenvalue weighted by Gasteiger charge is -2.18. The molecular weight excluding hydrogens is 458 g/mol. The van der Waals surface area contributed by atoms with Crippen molar-refractivity contribution in [1.29, 1.82) is 0 Å². The number of hydrogen-bond donors (Lipinski definition) is 1. The van der Waals surface area contributed by atoms with E-state index in [4.69, 9.17) is 4.42 Å². The van der Waals surface area contributed by atoms with Gasteiger partial charge in [-0.2, -0.15) is 0 Å². The van der Waals surface area contributed by atoms with Crippen LogP contribution in [0.15, 0.2) is 91.8 Å². The number of nitrogens with one attached hydrogen (secondary N) is 1. The molecule has 1 N–H and O–H groups in total. The molecule has 0 aliphatic heterocycles. The molecule has 8 nitrogen and oxygen atoms in total. The van der Waals surface area contributed by atoms with Crippen molar-refractivity contribution >= 4 is 16.7 Å². The summed E-state index contributed by atoms with van der Waals surface area (Å²) in [6.07, 6.45) is 1.49. The van der Waals surface area contributed by atoms with Crippen molar-refractivity contribution in [2.75, 3.05) is 5.32 Å². The lowest BCUT2D eigenvalue weighted by Crippen LogP contribution is -2.41. The fourth-order valence-corrected chi connectivity index (χ4v) is 3.92. The van der Waals surface area contributed by atoms with Crippen LogP contribution in [0.5, 0.6) is 0 Å². The minimum Gasteiger partial charge on any atom is -0.467 e. The maximum atomic E-state index is 13.7. The molecule has 0 saturated heterocycles. The zero-order valence-corrected chi connectivity index (χ0v) is 18.4. The first-order valence-electron chi connectivity index (χ1n) is 10.5. The first-order valence-corrected chi connectivity index (χ1v) is 10.5. The van der Waals surface area contributed by atoms with Crippen molar-refractivity contribution in [3.05, 3.63) is 122 Å². The van der Waals surface area contributed by atoms with Crippen molar-refractivity contribution in [2.45, 2.75) is 6.54 Å². The summed E-state index contributed by atoms with van der Waals surface area (Å²) >= 11 is 0. The third-order valence-corrected chi connectivity index (χ3v) is 5.62. The highest BCUT2D eigenvalue weighted by Gasteiger charge is 2.22. The molecule has 5 aromatic rings. The van der Waals surface area contributed by atoms with E-state index in [-0.39, 0.29) is 34.6 Å². The van der Waals surface area contributed by atoms with Crippen LogP contribution in [0, 0.1) is 11.6 Å². The molecule has 0 radical (unpaired) electrons. The van der Waals surface area contributed by atoms with Gasteiger partial charge in [0.1, 0.15) is 28.4 Å². The second kappa shape index (κ2) is 8.56. The molecule has 0 spiro atoms. The molecule has 35 heavy (non-hydrogen) atoms. The van der Waals surface area contributed by atoms with Crippen LogP contribution in [-0.4, -0.2) is 13.7 Å². The normalized spacial score (nSPS) is 11.2. The van der Waals surface area contributed by atoms with E-state index in [0.717, 1.165) is 33.4 Å². The quantitative estimate of drug-likeness (QED) is 0.420. The summed E-state index contributed by atoms with van der Waals surface area (Å²) in [6.45, 7) is 0.168. The van der Waals surface area contributed by atoms with Crippen molar-refractivity contribution in [3.63, 3.8) is 0 Å². The first kappa shape index (κ1) is 22.1. The van der Waals surface area contributed by atoms with Crippen LogP contribution >= 0.6 is 0 Å². The molecule has 0 atom stereocenters. The number of hydrogen-bond acceptors (Lipinski definition) is 5. The predicted molar refractivity (Wildman–Crippen MR) is 126 cm³/mol. The van der Waals surface area contributed by atoms with Gasteiger partial charge in [0.15, 0.2) is 0 Å². The van der Waals surface area contributed by atoms with E-state index in [1.807, 2.05) is 0 Å². The van der Waals surface area contributed by atoms with Crippen LogP contribution in [0.3, 0.4) is 0 Å². The Bertz CT molecular complexity index is 1720. The fourth-order valence-electron chi connectivity index (χ4n) is 3.92. The van der Waals surface area contributed by atoms with E-state index >= 15 is 0 Å². The number of aromatic nitrogens is 3. The summed E-state index contributed by atoms with van der Waals surface area (Å²) in [5.74, 6) is -0.498. The Morgan fingerprint density at radius 1 is 0.857 bits per heavy atom. The monoisotopic (exact) mass is 476 g/mol. The van der Waals surface area contributed by atoms with Gasteiger partial charge in [-0.1, -0.05) is 0 Å². The highest BCUT2D eigenvalue weighted by Crippen LogP contribution is 2.21. The molecule has 0 unspecified atom stereocenters. The summed E-state index contributed by atoms with van der Waals surface area (Å²) < 4.78 is 35.8. The largest absolute Gasteiger partial charge is 0.467 e. The average molecular weight is 476 g/mol. The van der Waals surface area contributed by atoms with Crippen molar-refractivity contribution in [2.24, 2.45) is 7.05 Å². The van der Waals surface area contributed by atoms with Crippen molar-refractivity contribution < 1.29 is 13.2 Å². The average Bonchev–Trinajstić information content (AvgIpc) is 3.36. The minimum atomic E-state index is -0.807. The van der Waals surface area contributed by atoms with Crippen LogP contribution < -0.4 is 22.1 Å². The van der Waals surface area contributed by atoms with E-state index < -0.39 is 28.4 Å². The second-order valence-corrected chi connectivity index (χ2v) is 7.80. The summed E-state index contributed by atoms with van der Waals surface area (Å²) in [5, 5.41) is 3.07. The van der Waals surface area contributed by atoms with Gasteiger partial charge < -0.3 is 9.73 Å². The number of fused-ring (bicyclic) bond motifs is 1. The second-order valence-electron chi connectivity index (χ2n) is 7.80. The van der Waals surface area contributed by atoms with E-state index in [1.165, 1.54) is 48.2 Å². The van der Waals surface area contributed by atoms with Gasteiger partial charge in [0, 0.05) is 13.1 Å². The smallest absolute Gasteiger partial charge is 0.341 e. The van der Waals surface area contributed by atoms with Crippen LogP contribution in [0.4, 0.5) is 14.5 Å². The van der Waals surface area contributed by atoms with E-state index in [0.29, 0.717) is 5.76 Å². The first-order chi connectivity index (χ1) is 16.8. The van der Waals surface area contributed by atoms with Gasteiger partial charge in [0.25, 0.3) is 11.1 Å². The lowest BCUT2D eigenvalue weighted by atomic mass is 10.2. The van der Waals surface area contributed by atoms with Crippen LogP contribution in [-0.2, 0) is 13.6 Å². The number of rotatable bonds is 5.